The predicted octanol–water partition coefficient (Wildman–Crippen LogP) is 3.58. The fraction of sp³-hybridized carbons (Fsp3) is 0.400. The highest BCUT2D eigenvalue weighted by molar-refractivity contribution is 6.33. The Balaban J connectivity index is 3.07. The first-order chi connectivity index (χ1) is 6.56. The van der Waals surface area contributed by atoms with Crippen LogP contribution in [0.3, 0.4) is 0 Å². The van der Waals surface area contributed by atoms with Crippen LogP contribution in [0.5, 0.6) is 0 Å². The van der Waals surface area contributed by atoms with Crippen molar-refractivity contribution in [3.05, 3.63) is 33.6 Å². The molecule has 1 unspecified atom stereocenters. The molecule has 1 aromatic carbocycles. The summed E-state index contributed by atoms with van der Waals surface area (Å²) in [6.07, 6.45) is 0.763. The zero-order valence-corrected chi connectivity index (χ0v) is 9.37. The minimum atomic E-state index is -0.474. The van der Waals surface area contributed by atoms with Gasteiger partial charge in [0.25, 0.3) is 0 Å². The van der Waals surface area contributed by atoms with E-state index in [1.54, 1.807) is 6.07 Å². The molecule has 0 saturated carbocycles. The first-order valence-corrected chi connectivity index (χ1v) is 5.16. The summed E-state index contributed by atoms with van der Waals surface area (Å²) in [7, 11) is 0. The lowest BCUT2D eigenvalue weighted by molar-refractivity contribution is 0.617. The van der Waals surface area contributed by atoms with Crippen LogP contribution < -0.4 is 5.73 Å². The van der Waals surface area contributed by atoms with Crippen LogP contribution in [-0.2, 0) is 0 Å². The van der Waals surface area contributed by atoms with Crippen molar-refractivity contribution in [2.75, 3.05) is 6.54 Å². The average Bonchev–Trinajstić information content (AvgIpc) is 2.11. The fourth-order valence-corrected chi connectivity index (χ4v) is 1.85. The van der Waals surface area contributed by atoms with Crippen LogP contribution >= 0.6 is 23.2 Å². The minimum absolute atomic E-state index is 0.126. The molecule has 0 heterocycles. The van der Waals surface area contributed by atoms with E-state index in [0.29, 0.717) is 11.6 Å². The molecule has 1 atom stereocenters. The molecule has 2 N–H and O–H groups in total. The summed E-state index contributed by atoms with van der Waals surface area (Å²) in [5.41, 5.74) is 6.15. The van der Waals surface area contributed by atoms with Gasteiger partial charge in [0.2, 0.25) is 0 Å². The molecular weight excluding hydrogens is 224 g/mol. The van der Waals surface area contributed by atoms with Crippen LogP contribution in [-0.4, -0.2) is 6.54 Å². The van der Waals surface area contributed by atoms with Gasteiger partial charge in [0.1, 0.15) is 5.82 Å². The molecule has 0 aliphatic rings. The SMILES string of the molecule is CC(CCN)c1cc(Cl)cc(F)c1Cl. The van der Waals surface area contributed by atoms with Crippen molar-refractivity contribution >= 4 is 23.2 Å². The summed E-state index contributed by atoms with van der Waals surface area (Å²) >= 11 is 11.6. The zero-order chi connectivity index (χ0) is 10.7. The van der Waals surface area contributed by atoms with Crippen LogP contribution in [0.2, 0.25) is 10.0 Å². The van der Waals surface area contributed by atoms with E-state index in [4.69, 9.17) is 28.9 Å². The summed E-state index contributed by atoms with van der Waals surface area (Å²) in [5.74, 6) is -0.348. The highest BCUT2D eigenvalue weighted by atomic mass is 35.5. The van der Waals surface area contributed by atoms with E-state index in [1.807, 2.05) is 6.92 Å². The molecule has 1 nitrogen and oxygen atoms in total. The van der Waals surface area contributed by atoms with Gasteiger partial charge in [-0.25, -0.2) is 4.39 Å². The predicted molar refractivity (Wildman–Crippen MR) is 58.5 cm³/mol. The summed E-state index contributed by atoms with van der Waals surface area (Å²) in [6, 6.07) is 2.90. The maximum Gasteiger partial charge on any atom is 0.143 e. The van der Waals surface area contributed by atoms with Crippen molar-refractivity contribution in [1.29, 1.82) is 0 Å². The molecular formula is C10H12Cl2FN. The van der Waals surface area contributed by atoms with Crippen molar-refractivity contribution < 1.29 is 4.39 Å². The summed E-state index contributed by atoms with van der Waals surface area (Å²) in [6.45, 7) is 2.50. The Hall–Kier alpha value is -0.310. The van der Waals surface area contributed by atoms with Gasteiger partial charge in [-0.05, 0) is 36.6 Å². The van der Waals surface area contributed by atoms with Crippen LogP contribution in [0.4, 0.5) is 4.39 Å². The number of halogens is 3. The summed E-state index contributed by atoms with van der Waals surface area (Å²) in [4.78, 5) is 0. The van der Waals surface area contributed by atoms with Crippen molar-refractivity contribution in [3.8, 4) is 0 Å². The Labute approximate surface area is 93.0 Å². The minimum Gasteiger partial charge on any atom is -0.330 e. The summed E-state index contributed by atoms with van der Waals surface area (Å²) in [5, 5.41) is 0.515. The molecule has 1 aromatic rings. The van der Waals surface area contributed by atoms with Crippen LogP contribution in [0.15, 0.2) is 12.1 Å². The molecule has 0 amide bonds. The molecule has 14 heavy (non-hydrogen) atoms. The van der Waals surface area contributed by atoms with E-state index in [0.717, 1.165) is 12.0 Å². The first kappa shape index (κ1) is 11.8. The second kappa shape index (κ2) is 4.96. The Morgan fingerprint density at radius 2 is 2.07 bits per heavy atom. The zero-order valence-electron chi connectivity index (χ0n) is 7.86. The standard InChI is InChI=1S/C10H12Cl2FN/c1-6(2-3-14)8-4-7(11)5-9(13)10(8)12/h4-6H,2-3,14H2,1H3. The van der Waals surface area contributed by atoms with Crippen molar-refractivity contribution in [3.63, 3.8) is 0 Å². The van der Waals surface area contributed by atoms with Gasteiger partial charge in [0.05, 0.1) is 5.02 Å². The molecule has 0 saturated heterocycles. The van der Waals surface area contributed by atoms with Gasteiger partial charge in [-0.2, -0.15) is 0 Å². The Bertz CT molecular complexity index is 328. The van der Waals surface area contributed by atoms with Gasteiger partial charge in [0, 0.05) is 5.02 Å². The second-order valence-electron chi connectivity index (χ2n) is 3.27. The number of rotatable bonds is 3. The normalized spacial score (nSPS) is 12.9. The third kappa shape index (κ3) is 2.59. The maximum atomic E-state index is 13.2. The van der Waals surface area contributed by atoms with E-state index >= 15 is 0 Å². The molecule has 0 spiro atoms. The van der Waals surface area contributed by atoms with Gasteiger partial charge in [-0.15, -0.1) is 0 Å². The van der Waals surface area contributed by atoms with E-state index in [2.05, 4.69) is 0 Å². The molecule has 0 aliphatic carbocycles. The van der Waals surface area contributed by atoms with E-state index in [-0.39, 0.29) is 10.9 Å². The molecule has 78 valence electrons. The fourth-order valence-electron chi connectivity index (χ4n) is 1.34. The van der Waals surface area contributed by atoms with Crippen molar-refractivity contribution in [1.82, 2.24) is 0 Å². The third-order valence-electron chi connectivity index (χ3n) is 2.15. The van der Waals surface area contributed by atoms with Crippen molar-refractivity contribution in [2.24, 2.45) is 5.73 Å². The number of hydrogen-bond acceptors (Lipinski definition) is 1. The lowest BCUT2D eigenvalue weighted by Crippen LogP contribution is -2.05. The first-order valence-electron chi connectivity index (χ1n) is 4.40. The van der Waals surface area contributed by atoms with E-state index in [1.165, 1.54) is 6.07 Å². The average molecular weight is 236 g/mol. The lowest BCUT2D eigenvalue weighted by atomic mass is 9.98. The molecule has 1 rings (SSSR count). The van der Waals surface area contributed by atoms with Gasteiger partial charge < -0.3 is 5.73 Å². The van der Waals surface area contributed by atoms with Gasteiger partial charge >= 0.3 is 0 Å². The quantitative estimate of drug-likeness (QED) is 0.797. The molecule has 0 aliphatic heterocycles. The van der Waals surface area contributed by atoms with Gasteiger partial charge in [-0.3, -0.25) is 0 Å². The lowest BCUT2D eigenvalue weighted by Gasteiger charge is -2.13. The van der Waals surface area contributed by atoms with Gasteiger partial charge in [-0.1, -0.05) is 30.1 Å². The Morgan fingerprint density at radius 3 is 2.64 bits per heavy atom. The molecule has 4 heteroatoms. The highest BCUT2D eigenvalue weighted by Crippen LogP contribution is 2.31. The molecule has 0 fully saturated rings. The van der Waals surface area contributed by atoms with Gasteiger partial charge in [0.15, 0.2) is 0 Å². The molecule has 0 aromatic heterocycles. The van der Waals surface area contributed by atoms with Crippen LogP contribution in [0, 0.1) is 5.82 Å². The second-order valence-corrected chi connectivity index (χ2v) is 4.08. The van der Waals surface area contributed by atoms with Crippen molar-refractivity contribution in [2.45, 2.75) is 19.3 Å². The molecule has 0 bridgehead atoms. The number of hydrogen-bond donors (Lipinski definition) is 1. The summed E-state index contributed by atoms with van der Waals surface area (Å²) < 4.78 is 13.2. The maximum absolute atomic E-state index is 13.2. The Kier molecular flexibility index (Phi) is 4.17. The van der Waals surface area contributed by atoms with E-state index in [9.17, 15) is 4.39 Å². The van der Waals surface area contributed by atoms with Crippen LogP contribution in [0.25, 0.3) is 0 Å². The smallest absolute Gasteiger partial charge is 0.143 e. The number of nitrogens with two attached hydrogens (primary N) is 1. The monoisotopic (exact) mass is 235 g/mol. The third-order valence-corrected chi connectivity index (χ3v) is 2.77. The number of benzene rings is 1. The van der Waals surface area contributed by atoms with Crippen LogP contribution in [0.1, 0.15) is 24.8 Å². The van der Waals surface area contributed by atoms with E-state index < -0.39 is 5.82 Å². The molecule has 0 radical (unpaired) electrons. The highest BCUT2D eigenvalue weighted by Gasteiger charge is 2.13. The largest absolute Gasteiger partial charge is 0.330 e. The Morgan fingerprint density at radius 1 is 1.43 bits per heavy atom. The topological polar surface area (TPSA) is 26.0 Å².